The van der Waals surface area contributed by atoms with Gasteiger partial charge in [0.25, 0.3) is 5.84 Å². The monoisotopic (exact) mass is 381 g/mol. The van der Waals surface area contributed by atoms with Crippen LogP contribution in [-0.4, -0.2) is 25.0 Å². The number of nitrogens with two attached hydrogens (primary N) is 1. The fourth-order valence-corrected chi connectivity index (χ4v) is 5.68. The summed E-state index contributed by atoms with van der Waals surface area (Å²) in [5.74, 6) is -1.18. The molecule has 1 saturated carbocycles. The maximum absolute atomic E-state index is 10.4. The molecule has 0 amide bonds. The molecule has 1 fully saturated rings. The van der Waals surface area contributed by atoms with Gasteiger partial charge in [-0.3, -0.25) is 5.73 Å². The van der Waals surface area contributed by atoms with Crippen LogP contribution in [0.3, 0.4) is 0 Å². The summed E-state index contributed by atoms with van der Waals surface area (Å²) >= 11 is 0. The lowest BCUT2D eigenvalue weighted by Crippen LogP contribution is -2.91. The van der Waals surface area contributed by atoms with Gasteiger partial charge in [-0.15, -0.1) is 0 Å². The van der Waals surface area contributed by atoms with Gasteiger partial charge in [-0.05, 0) is 31.2 Å². The van der Waals surface area contributed by atoms with Crippen molar-refractivity contribution < 1.29 is 14.5 Å². The summed E-state index contributed by atoms with van der Waals surface area (Å²) in [6.07, 6.45) is 0.579. The van der Waals surface area contributed by atoms with Crippen molar-refractivity contribution in [1.29, 1.82) is 10.5 Å². The molecular weight excluding hydrogens is 352 g/mol. The Kier molecular flexibility index (Phi) is 4.58. The van der Waals surface area contributed by atoms with Crippen LogP contribution in [0.1, 0.15) is 46.6 Å². The van der Waals surface area contributed by atoms with Crippen molar-refractivity contribution in [1.82, 2.24) is 0 Å². The van der Waals surface area contributed by atoms with E-state index in [4.69, 9.17) is 15.2 Å². The molecule has 0 spiro atoms. The maximum Gasteiger partial charge on any atom is 0.343 e. The lowest BCUT2D eigenvalue weighted by Gasteiger charge is -2.35. The highest BCUT2D eigenvalue weighted by Gasteiger charge is 3.02. The molecule has 148 valence electrons. The summed E-state index contributed by atoms with van der Waals surface area (Å²) in [6.45, 7) is 10.5. The van der Waals surface area contributed by atoms with Crippen LogP contribution in [-0.2, 0) is 14.9 Å². The molecule has 1 aliphatic carbocycles. The Balaban J connectivity index is 2.16. The van der Waals surface area contributed by atoms with E-state index in [1.54, 1.807) is 0 Å². The summed E-state index contributed by atoms with van der Waals surface area (Å²) in [6, 6.07) is 14.9. The Labute approximate surface area is 167 Å². The van der Waals surface area contributed by atoms with E-state index in [1.807, 2.05) is 39.0 Å². The summed E-state index contributed by atoms with van der Waals surface area (Å²) < 4.78 is 12.0. The van der Waals surface area contributed by atoms with Crippen LogP contribution in [0.25, 0.3) is 0 Å². The second-order valence-corrected chi connectivity index (χ2v) is 8.50. The molecule has 6 heteroatoms. The Morgan fingerprint density at radius 3 is 2.11 bits per heavy atom. The third kappa shape index (κ3) is 2.05. The zero-order valence-electron chi connectivity index (χ0n) is 17.3. The molecule has 3 rings (SSSR count). The topological polar surface area (TPSA) is 106 Å². The van der Waals surface area contributed by atoms with Gasteiger partial charge in [-0.1, -0.05) is 51.1 Å². The molecule has 1 aromatic carbocycles. The van der Waals surface area contributed by atoms with Crippen LogP contribution >= 0.6 is 0 Å². The van der Waals surface area contributed by atoms with Gasteiger partial charge in [0.2, 0.25) is 0 Å². The first-order valence-corrected chi connectivity index (χ1v) is 9.75. The predicted molar refractivity (Wildman–Crippen MR) is 104 cm³/mol. The smallest absolute Gasteiger partial charge is 0.314 e. The number of nitrogens with zero attached hydrogens (tertiary/aromatic N) is 2. The van der Waals surface area contributed by atoms with Gasteiger partial charge in [0.1, 0.15) is 0 Å². The second kappa shape index (κ2) is 6.30. The van der Waals surface area contributed by atoms with Gasteiger partial charge in [0, 0.05) is 5.41 Å². The molecule has 0 bridgehead atoms. The molecule has 1 aliphatic heterocycles. The molecule has 0 unspecified atom stereocenters. The molecule has 1 heterocycles. The fourth-order valence-electron chi connectivity index (χ4n) is 5.68. The van der Waals surface area contributed by atoms with E-state index >= 15 is 0 Å². The van der Waals surface area contributed by atoms with Crippen LogP contribution in [0.5, 0.6) is 0 Å². The summed E-state index contributed by atoms with van der Waals surface area (Å²) in [4.78, 5) is 3.04. The normalized spacial score (nSPS) is 32.8. The zero-order chi connectivity index (χ0) is 20.8. The van der Waals surface area contributed by atoms with Gasteiger partial charge < -0.3 is 9.47 Å². The van der Waals surface area contributed by atoms with Crippen molar-refractivity contribution in [2.75, 3.05) is 13.2 Å². The van der Waals surface area contributed by atoms with E-state index in [2.05, 4.69) is 43.1 Å². The number of hydrogen-bond acceptors (Lipinski definition) is 5. The van der Waals surface area contributed by atoms with E-state index in [-0.39, 0.29) is 11.3 Å². The van der Waals surface area contributed by atoms with Crippen molar-refractivity contribution >= 4 is 5.84 Å². The molecular formula is C22H29N4O2+. The molecule has 0 aromatic heterocycles. The van der Waals surface area contributed by atoms with Crippen LogP contribution in [0.15, 0.2) is 30.3 Å². The van der Waals surface area contributed by atoms with Gasteiger partial charge in [0.05, 0.1) is 25.4 Å². The molecule has 1 aromatic rings. The molecule has 0 saturated heterocycles. The van der Waals surface area contributed by atoms with E-state index in [0.29, 0.717) is 19.6 Å². The number of ether oxygens (including phenoxy) is 2. The molecule has 28 heavy (non-hydrogen) atoms. The van der Waals surface area contributed by atoms with Gasteiger partial charge in [-0.25, -0.2) is 4.99 Å². The number of nitrogens with one attached hydrogen (secondary N) is 1. The number of amidine groups is 1. The third-order valence-electron chi connectivity index (χ3n) is 6.73. The fraction of sp³-hybridized carbons (Fsp3) is 0.591. The number of hydrogen-bond donors (Lipinski definition) is 2. The average Bonchev–Trinajstić information content (AvgIpc) is 3.04. The first-order chi connectivity index (χ1) is 13.2. The first-order valence-electron chi connectivity index (χ1n) is 9.75. The highest BCUT2D eigenvalue weighted by molar-refractivity contribution is 5.94. The number of benzene rings is 1. The second-order valence-electron chi connectivity index (χ2n) is 8.50. The number of rotatable bonds is 7. The third-order valence-corrected chi connectivity index (χ3v) is 6.73. The van der Waals surface area contributed by atoms with E-state index < -0.39 is 22.2 Å². The van der Waals surface area contributed by atoms with Crippen molar-refractivity contribution in [2.45, 2.75) is 52.4 Å². The molecule has 3 atom stereocenters. The van der Waals surface area contributed by atoms with E-state index in [9.17, 15) is 10.5 Å². The largest absolute Gasteiger partial charge is 0.343 e. The predicted octanol–water partition coefficient (Wildman–Crippen LogP) is 1.57. The minimum absolute atomic E-state index is 0.254. The summed E-state index contributed by atoms with van der Waals surface area (Å²) in [5.41, 5.74) is 4.05. The van der Waals surface area contributed by atoms with Gasteiger partial charge >= 0.3 is 5.91 Å². The number of fused-ring (bicyclic) bond motifs is 1. The van der Waals surface area contributed by atoms with Crippen molar-refractivity contribution in [3.8, 4) is 12.1 Å². The first kappa shape index (κ1) is 20.3. The quantitative estimate of drug-likeness (QED) is 0.698. The van der Waals surface area contributed by atoms with Crippen LogP contribution in [0, 0.1) is 38.9 Å². The Hall–Kier alpha value is -2.41. The summed E-state index contributed by atoms with van der Waals surface area (Å²) in [7, 11) is 0. The SMILES string of the molecule is CCOC1(OCC)[NH+]=C(N)[C@@]2(C#N)[C@](C)(CC(C)(C)c3ccccc3)[C@@]12C#N. The standard InChI is InChI=1S/C22H28N4O2/c1-6-27-22(28-7-2)21(15-24)19(5,20(21,14-23)17(25)26-22)13-18(3,4)16-11-9-8-10-12-16/h8-12H,6-7,13H2,1-5H3,(H2,25,26)/p+1/t19-,20-,21+/m0/s1. The lowest BCUT2D eigenvalue weighted by molar-refractivity contribution is -0.695. The van der Waals surface area contributed by atoms with Crippen molar-refractivity contribution in [3.05, 3.63) is 35.9 Å². The highest BCUT2D eigenvalue weighted by Crippen LogP contribution is 2.84. The Bertz CT molecular complexity index is 876. The minimum atomic E-state index is -1.44. The molecule has 0 radical (unpaired) electrons. The van der Waals surface area contributed by atoms with Gasteiger partial charge in [0.15, 0.2) is 10.8 Å². The van der Waals surface area contributed by atoms with E-state index in [1.165, 1.54) is 0 Å². The van der Waals surface area contributed by atoms with Crippen LogP contribution < -0.4 is 10.7 Å². The average molecular weight is 382 g/mol. The van der Waals surface area contributed by atoms with Crippen molar-refractivity contribution in [3.63, 3.8) is 0 Å². The highest BCUT2D eigenvalue weighted by atomic mass is 16.7. The Morgan fingerprint density at radius 2 is 1.64 bits per heavy atom. The minimum Gasteiger partial charge on any atom is -0.314 e. The number of nitriles is 2. The molecule has 6 nitrogen and oxygen atoms in total. The maximum atomic E-state index is 10.4. The van der Waals surface area contributed by atoms with E-state index in [0.717, 1.165) is 5.56 Å². The molecule has 2 aliphatic rings. The van der Waals surface area contributed by atoms with Crippen molar-refractivity contribution in [2.24, 2.45) is 22.0 Å². The van der Waals surface area contributed by atoms with Crippen LogP contribution in [0.4, 0.5) is 0 Å². The zero-order valence-corrected chi connectivity index (χ0v) is 17.3. The Morgan fingerprint density at radius 1 is 1.07 bits per heavy atom. The van der Waals surface area contributed by atoms with Gasteiger partial charge in [-0.2, -0.15) is 10.5 Å². The summed E-state index contributed by atoms with van der Waals surface area (Å²) in [5, 5.41) is 20.7. The molecule has 3 N–H and O–H groups in total. The lowest BCUT2D eigenvalue weighted by atomic mass is 9.72. The van der Waals surface area contributed by atoms with Crippen LogP contribution in [0.2, 0.25) is 0 Å².